The van der Waals surface area contributed by atoms with Crippen molar-refractivity contribution in [2.45, 2.75) is 45.6 Å². The molecule has 0 unspecified atom stereocenters. The Morgan fingerprint density at radius 2 is 2.08 bits per heavy atom. The zero-order valence-corrected chi connectivity index (χ0v) is 14.9. The third-order valence-corrected chi connectivity index (χ3v) is 5.63. The number of fused-ring (bicyclic) bond motifs is 1. The number of piperidine rings is 1. The van der Waals surface area contributed by atoms with Crippen molar-refractivity contribution < 1.29 is 4.39 Å². The highest BCUT2D eigenvalue weighted by atomic mass is 19.1. The average molecular weight is 340 g/mol. The number of aromatic amines is 2. The maximum Gasteiger partial charge on any atom is 0.123 e. The molecular weight excluding hydrogens is 315 g/mol. The van der Waals surface area contributed by atoms with Gasteiger partial charge < -0.3 is 4.98 Å². The smallest absolute Gasteiger partial charge is 0.123 e. The zero-order chi connectivity index (χ0) is 17.4. The Morgan fingerprint density at radius 3 is 2.84 bits per heavy atom. The minimum absolute atomic E-state index is 0.173. The minimum atomic E-state index is -0.173. The van der Waals surface area contributed by atoms with Crippen molar-refractivity contribution in [2.24, 2.45) is 0 Å². The van der Waals surface area contributed by atoms with E-state index < -0.39 is 0 Å². The van der Waals surface area contributed by atoms with E-state index >= 15 is 0 Å². The average Bonchev–Trinajstić information content (AvgIpc) is 3.21. The van der Waals surface area contributed by atoms with Crippen molar-refractivity contribution in [3.8, 4) is 0 Å². The van der Waals surface area contributed by atoms with Gasteiger partial charge in [0.15, 0.2) is 0 Å². The number of nitrogens with one attached hydrogen (secondary N) is 2. The van der Waals surface area contributed by atoms with Crippen LogP contribution in [-0.2, 0) is 13.0 Å². The Balaban J connectivity index is 1.44. The molecule has 1 aliphatic heterocycles. The fourth-order valence-electron chi connectivity index (χ4n) is 4.07. The highest BCUT2D eigenvalue weighted by molar-refractivity contribution is 5.84. The van der Waals surface area contributed by atoms with Gasteiger partial charge in [0.25, 0.3) is 0 Å². The van der Waals surface area contributed by atoms with Crippen molar-refractivity contribution >= 4 is 10.9 Å². The number of aryl methyl sites for hydroxylation is 2. The van der Waals surface area contributed by atoms with Crippen LogP contribution in [0.1, 0.15) is 48.2 Å². The summed E-state index contributed by atoms with van der Waals surface area (Å²) in [5.74, 6) is 0.417. The van der Waals surface area contributed by atoms with Crippen LogP contribution in [0.4, 0.5) is 4.39 Å². The summed E-state index contributed by atoms with van der Waals surface area (Å²) in [5.41, 5.74) is 6.08. The Kier molecular flexibility index (Phi) is 4.34. The van der Waals surface area contributed by atoms with Gasteiger partial charge in [-0.1, -0.05) is 6.92 Å². The topological polar surface area (TPSA) is 47.7 Å². The number of benzene rings is 1. The maximum absolute atomic E-state index is 13.5. The zero-order valence-electron chi connectivity index (χ0n) is 14.9. The molecule has 4 rings (SSSR count). The lowest BCUT2D eigenvalue weighted by Crippen LogP contribution is -2.33. The second-order valence-corrected chi connectivity index (χ2v) is 7.13. The van der Waals surface area contributed by atoms with E-state index in [1.54, 1.807) is 6.07 Å². The van der Waals surface area contributed by atoms with E-state index in [0.717, 1.165) is 49.8 Å². The van der Waals surface area contributed by atoms with Crippen LogP contribution >= 0.6 is 0 Å². The third-order valence-electron chi connectivity index (χ3n) is 5.63. The fraction of sp³-hybridized carbons (Fsp3) is 0.450. The number of nitrogens with zero attached hydrogens (tertiary/aromatic N) is 2. The molecule has 0 saturated carbocycles. The molecule has 0 amide bonds. The normalized spacial score (nSPS) is 16.8. The van der Waals surface area contributed by atoms with Crippen LogP contribution in [0.15, 0.2) is 24.4 Å². The summed E-state index contributed by atoms with van der Waals surface area (Å²) in [6.45, 7) is 7.33. The molecule has 4 nitrogen and oxygen atoms in total. The number of H-pyrrole nitrogens is 2. The summed E-state index contributed by atoms with van der Waals surface area (Å²) >= 11 is 0. The quantitative estimate of drug-likeness (QED) is 0.745. The highest BCUT2D eigenvalue weighted by Crippen LogP contribution is 2.30. The molecule has 0 radical (unpaired) electrons. The molecule has 25 heavy (non-hydrogen) atoms. The lowest BCUT2D eigenvalue weighted by atomic mass is 9.91. The highest BCUT2D eigenvalue weighted by Gasteiger charge is 2.24. The SMILES string of the molecule is CCc1cn[nH]c1C1CCN(Cc2[nH]c3ccc(F)cc3c2C)CC1. The van der Waals surface area contributed by atoms with Crippen molar-refractivity contribution in [2.75, 3.05) is 13.1 Å². The van der Waals surface area contributed by atoms with E-state index in [1.807, 2.05) is 12.3 Å². The van der Waals surface area contributed by atoms with E-state index in [1.165, 1.54) is 28.6 Å². The van der Waals surface area contributed by atoms with Gasteiger partial charge in [0.1, 0.15) is 5.82 Å². The third kappa shape index (κ3) is 3.09. The van der Waals surface area contributed by atoms with E-state index in [0.29, 0.717) is 5.92 Å². The van der Waals surface area contributed by atoms with Crippen LogP contribution in [0.5, 0.6) is 0 Å². The van der Waals surface area contributed by atoms with Gasteiger partial charge in [-0.3, -0.25) is 10.00 Å². The monoisotopic (exact) mass is 340 g/mol. The number of rotatable bonds is 4. The molecule has 5 heteroatoms. The van der Waals surface area contributed by atoms with Gasteiger partial charge >= 0.3 is 0 Å². The van der Waals surface area contributed by atoms with Crippen LogP contribution in [0.3, 0.4) is 0 Å². The molecular formula is C20H25FN4. The fourth-order valence-corrected chi connectivity index (χ4v) is 4.07. The van der Waals surface area contributed by atoms with Crippen molar-refractivity contribution in [3.63, 3.8) is 0 Å². The van der Waals surface area contributed by atoms with Gasteiger partial charge in [0.05, 0.1) is 6.20 Å². The molecule has 3 aromatic rings. The summed E-state index contributed by atoms with van der Waals surface area (Å²) in [5, 5.41) is 8.43. The second kappa shape index (κ2) is 6.64. The van der Waals surface area contributed by atoms with Crippen LogP contribution in [0.25, 0.3) is 10.9 Å². The first-order valence-electron chi connectivity index (χ1n) is 9.17. The Hall–Kier alpha value is -2.14. The first-order valence-corrected chi connectivity index (χ1v) is 9.17. The number of hydrogen-bond acceptors (Lipinski definition) is 2. The van der Waals surface area contributed by atoms with Gasteiger partial charge in [0, 0.05) is 34.8 Å². The molecule has 2 aromatic heterocycles. The van der Waals surface area contributed by atoms with Crippen molar-refractivity contribution in [1.82, 2.24) is 20.1 Å². The number of likely N-dealkylation sites (tertiary alicyclic amines) is 1. The lowest BCUT2D eigenvalue weighted by molar-refractivity contribution is 0.201. The summed E-state index contributed by atoms with van der Waals surface area (Å²) in [6.07, 6.45) is 5.32. The van der Waals surface area contributed by atoms with Gasteiger partial charge in [-0.25, -0.2) is 4.39 Å². The largest absolute Gasteiger partial charge is 0.357 e. The minimum Gasteiger partial charge on any atom is -0.357 e. The molecule has 3 heterocycles. The van der Waals surface area contributed by atoms with Gasteiger partial charge in [0.2, 0.25) is 0 Å². The first kappa shape index (κ1) is 16.3. The van der Waals surface area contributed by atoms with Crippen LogP contribution in [-0.4, -0.2) is 33.2 Å². The molecule has 0 spiro atoms. The van der Waals surface area contributed by atoms with E-state index in [4.69, 9.17) is 0 Å². The second-order valence-electron chi connectivity index (χ2n) is 7.13. The number of aromatic nitrogens is 3. The molecule has 0 atom stereocenters. The predicted molar refractivity (Wildman–Crippen MR) is 98.2 cm³/mol. The summed E-state index contributed by atoms with van der Waals surface area (Å²) < 4.78 is 13.5. The lowest BCUT2D eigenvalue weighted by Gasteiger charge is -2.31. The van der Waals surface area contributed by atoms with Crippen LogP contribution in [0, 0.1) is 12.7 Å². The molecule has 132 valence electrons. The molecule has 0 bridgehead atoms. The molecule has 1 aliphatic rings. The Labute approximate surface area is 147 Å². The molecule has 1 saturated heterocycles. The van der Waals surface area contributed by atoms with Crippen LogP contribution in [0.2, 0.25) is 0 Å². The molecule has 1 fully saturated rings. The van der Waals surface area contributed by atoms with E-state index in [-0.39, 0.29) is 5.82 Å². The van der Waals surface area contributed by atoms with E-state index in [2.05, 4.69) is 33.9 Å². The standard InChI is InChI=1S/C20H25FN4/c1-3-14-11-22-24-20(14)15-6-8-25(9-7-15)12-19-13(2)17-10-16(21)4-5-18(17)23-19/h4-5,10-11,15,23H,3,6-9,12H2,1-2H3,(H,22,24). The maximum atomic E-state index is 13.5. The summed E-state index contributed by atoms with van der Waals surface area (Å²) in [4.78, 5) is 5.96. The Bertz CT molecular complexity index is 871. The van der Waals surface area contributed by atoms with Crippen molar-refractivity contribution in [1.29, 1.82) is 0 Å². The summed E-state index contributed by atoms with van der Waals surface area (Å²) in [7, 11) is 0. The van der Waals surface area contributed by atoms with Crippen molar-refractivity contribution in [3.05, 3.63) is 52.7 Å². The molecule has 1 aromatic carbocycles. The number of halogens is 1. The summed E-state index contributed by atoms with van der Waals surface area (Å²) in [6, 6.07) is 4.97. The van der Waals surface area contributed by atoms with E-state index in [9.17, 15) is 4.39 Å². The molecule has 0 aliphatic carbocycles. The first-order chi connectivity index (χ1) is 12.2. The Morgan fingerprint density at radius 1 is 1.28 bits per heavy atom. The van der Waals surface area contributed by atoms with Crippen LogP contribution < -0.4 is 0 Å². The molecule has 2 N–H and O–H groups in total. The predicted octanol–water partition coefficient (Wildman–Crippen LogP) is 4.28. The van der Waals surface area contributed by atoms with Gasteiger partial charge in [-0.15, -0.1) is 0 Å². The van der Waals surface area contributed by atoms with Gasteiger partial charge in [-0.05, 0) is 68.6 Å². The van der Waals surface area contributed by atoms with Gasteiger partial charge in [-0.2, -0.15) is 5.10 Å². The number of hydrogen-bond donors (Lipinski definition) is 2.